The van der Waals surface area contributed by atoms with Gasteiger partial charge in [0.15, 0.2) is 0 Å². The number of nitrogens with zero attached hydrogens (tertiary/aromatic N) is 4. The summed E-state index contributed by atoms with van der Waals surface area (Å²) in [5.74, 6) is 0.489. The summed E-state index contributed by atoms with van der Waals surface area (Å²) in [6.07, 6.45) is 1.96. The number of amides is 2. The topological polar surface area (TPSA) is 55.1 Å². The molecule has 0 saturated carbocycles. The number of benzene rings is 3. The van der Waals surface area contributed by atoms with E-state index in [2.05, 4.69) is 5.32 Å². The van der Waals surface area contributed by atoms with E-state index in [4.69, 9.17) is 16.7 Å². The molecule has 1 N–H and O–H groups in total. The van der Waals surface area contributed by atoms with Crippen molar-refractivity contribution >= 4 is 23.3 Å². The van der Waals surface area contributed by atoms with Crippen molar-refractivity contribution in [1.29, 1.82) is 0 Å². The van der Waals surface area contributed by atoms with E-state index < -0.39 is 6.04 Å². The molecule has 0 radical (unpaired) electrons. The molecule has 1 aliphatic rings. The second-order valence-corrected chi connectivity index (χ2v) is 9.82. The summed E-state index contributed by atoms with van der Waals surface area (Å²) in [6.45, 7) is 4.12. The number of para-hydroxylation sites is 1. The van der Waals surface area contributed by atoms with Gasteiger partial charge in [-0.25, -0.2) is 13.9 Å². The maximum absolute atomic E-state index is 14.5. The molecule has 0 fully saturated rings. The van der Waals surface area contributed by atoms with Gasteiger partial charge < -0.3 is 14.8 Å². The van der Waals surface area contributed by atoms with E-state index in [1.54, 1.807) is 17.0 Å². The van der Waals surface area contributed by atoms with Gasteiger partial charge in [0.05, 0.1) is 29.7 Å². The second-order valence-electron chi connectivity index (χ2n) is 9.42. The van der Waals surface area contributed by atoms with Gasteiger partial charge in [0.1, 0.15) is 11.6 Å². The van der Waals surface area contributed by atoms with Crippen molar-refractivity contribution in [3.8, 4) is 11.5 Å². The van der Waals surface area contributed by atoms with Gasteiger partial charge in [-0.05, 0) is 73.5 Å². The number of urea groups is 1. The van der Waals surface area contributed by atoms with Crippen LogP contribution in [0, 0.1) is 19.7 Å². The van der Waals surface area contributed by atoms with Gasteiger partial charge in [-0.2, -0.15) is 5.10 Å². The smallest absolute Gasteiger partial charge is 0.308 e. The third-order valence-corrected chi connectivity index (χ3v) is 7.34. The molecule has 3 aromatic carbocycles. The number of hydrogen-bond acceptors (Lipinski definition) is 2. The highest BCUT2D eigenvalue weighted by Gasteiger charge is 2.36. The molecule has 3 heterocycles. The monoisotopic (exact) mass is 525 g/mol. The minimum Gasteiger partial charge on any atom is -0.308 e. The lowest BCUT2D eigenvalue weighted by Gasteiger charge is -2.31. The zero-order chi connectivity index (χ0) is 26.4. The number of aryl methyl sites for hydroxylation is 2. The van der Waals surface area contributed by atoms with Gasteiger partial charge in [0.2, 0.25) is 0 Å². The van der Waals surface area contributed by atoms with Crippen LogP contribution in [-0.2, 0) is 6.54 Å². The van der Waals surface area contributed by atoms with E-state index in [1.807, 2.05) is 90.0 Å². The Hall–Kier alpha value is -4.36. The molecule has 0 bridgehead atoms. The fourth-order valence-corrected chi connectivity index (χ4v) is 5.22. The van der Waals surface area contributed by atoms with E-state index in [-0.39, 0.29) is 18.4 Å². The summed E-state index contributed by atoms with van der Waals surface area (Å²) in [5.41, 5.74) is 5.61. The van der Waals surface area contributed by atoms with Crippen LogP contribution in [0.25, 0.3) is 11.5 Å². The Labute approximate surface area is 224 Å². The van der Waals surface area contributed by atoms with Crippen LogP contribution in [-0.4, -0.2) is 25.3 Å². The first-order valence-corrected chi connectivity index (χ1v) is 12.7. The van der Waals surface area contributed by atoms with Crippen molar-refractivity contribution in [2.75, 3.05) is 5.32 Å². The molecule has 6 rings (SSSR count). The molecular formula is C30H25ClFN5O. The Kier molecular flexibility index (Phi) is 6.00. The van der Waals surface area contributed by atoms with Crippen molar-refractivity contribution in [2.24, 2.45) is 0 Å². The predicted molar refractivity (Wildman–Crippen MR) is 147 cm³/mol. The Morgan fingerprint density at radius 3 is 2.58 bits per heavy atom. The lowest BCUT2D eigenvalue weighted by molar-refractivity contribution is 0.194. The van der Waals surface area contributed by atoms with Gasteiger partial charge >= 0.3 is 6.03 Å². The third kappa shape index (κ3) is 4.15. The molecule has 1 atom stereocenters. The highest BCUT2D eigenvalue weighted by atomic mass is 35.5. The van der Waals surface area contributed by atoms with E-state index in [9.17, 15) is 9.18 Å². The first-order chi connectivity index (χ1) is 18.4. The molecule has 6 nitrogen and oxygen atoms in total. The minimum atomic E-state index is -0.558. The van der Waals surface area contributed by atoms with Gasteiger partial charge in [0.25, 0.3) is 0 Å². The lowest BCUT2D eigenvalue weighted by atomic mass is 10.0. The van der Waals surface area contributed by atoms with Crippen molar-refractivity contribution in [2.45, 2.75) is 26.4 Å². The Balaban J connectivity index is 1.53. The van der Waals surface area contributed by atoms with Crippen LogP contribution >= 0.6 is 11.6 Å². The summed E-state index contributed by atoms with van der Waals surface area (Å²) in [7, 11) is 0. The maximum Gasteiger partial charge on any atom is 0.322 e. The van der Waals surface area contributed by atoms with Crippen molar-refractivity contribution in [3.05, 3.63) is 130 Å². The van der Waals surface area contributed by atoms with E-state index in [0.29, 0.717) is 16.3 Å². The van der Waals surface area contributed by atoms with Crippen LogP contribution in [0.4, 0.5) is 14.9 Å². The number of halogens is 2. The maximum atomic E-state index is 14.5. The van der Waals surface area contributed by atoms with Gasteiger partial charge in [-0.15, -0.1) is 0 Å². The molecular weight excluding hydrogens is 501 g/mol. The lowest BCUT2D eigenvalue weighted by Crippen LogP contribution is -2.38. The molecule has 8 heteroatoms. The molecule has 1 unspecified atom stereocenters. The first kappa shape index (κ1) is 24.0. The molecule has 5 aromatic rings. The SMILES string of the molecule is Cc1ccc(NC(=O)N2Cc3c(C)nn(-c4ccccc4)c3-n3cccc3C2c2cccc(F)c2)cc1Cl. The average molecular weight is 526 g/mol. The highest BCUT2D eigenvalue weighted by Crippen LogP contribution is 2.39. The van der Waals surface area contributed by atoms with Crippen LogP contribution in [0.15, 0.2) is 91.1 Å². The largest absolute Gasteiger partial charge is 0.322 e. The zero-order valence-electron chi connectivity index (χ0n) is 20.9. The molecule has 2 amide bonds. The van der Waals surface area contributed by atoms with E-state index >= 15 is 0 Å². The van der Waals surface area contributed by atoms with Crippen LogP contribution in [0.2, 0.25) is 5.02 Å². The first-order valence-electron chi connectivity index (χ1n) is 12.3. The fraction of sp³-hybridized carbons (Fsp3) is 0.133. The summed E-state index contributed by atoms with van der Waals surface area (Å²) < 4.78 is 18.4. The molecule has 38 heavy (non-hydrogen) atoms. The number of hydrogen-bond donors (Lipinski definition) is 1. The van der Waals surface area contributed by atoms with Crippen LogP contribution in [0.3, 0.4) is 0 Å². The van der Waals surface area contributed by atoms with Crippen molar-refractivity contribution in [3.63, 3.8) is 0 Å². The number of carbonyl (C=O) groups excluding carboxylic acids is 1. The molecule has 1 aliphatic heterocycles. The van der Waals surface area contributed by atoms with Gasteiger partial charge in [-0.3, -0.25) is 0 Å². The Bertz CT molecular complexity index is 1660. The number of rotatable bonds is 3. The molecule has 2 aromatic heterocycles. The summed E-state index contributed by atoms with van der Waals surface area (Å²) >= 11 is 6.33. The standard InChI is InChI=1S/C30H25ClFN5O/c1-19-13-14-23(17-26(19)31)33-30(38)36-18-25-20(2)34-37(24-10-4-3-5-11-24)29(25)35-15-7-12-27(35)28(36)21-8-6-9-22(32)16-21/h3-17,28H,18H2,1-2H3,(H,33,38). The molecule has 0 spiro atoms. The normalized spacial score (nSPS) is 14.5. The quantitative estimate of drug-likeness (QED) is 0.270. The predicted octanol–water partition coefficient (Wildman–Crippen LogP) is 7.21. The average Bonchev–Trinajstić information content (AvgIpc) is 3.47. The van der Waals surface area contributed by atoms with E-state index in [0.717, 1.165) is 34.0 Å². The Morgan fingerprint density at radius 1 is 1.00 bits per heavy atom. The number of aromatic nitrogens is 3. The zero-order valence-corrected chi connectivity index (χ0v) is 21.7. The highest BCUT2D eigenvalue weighted by molar-refractivity contribution is 6.31. The molecule has 0 saturated heterocycles. The van der Waals surface area contributed by atoms with Gasteiger partial charge in [-0.1, -0.05) is 48.0 Å². The third-order valence-electron chi connectivity index (χ3n) is 6.94. The molecule has 190 valence electrons. The summed E-state index contributed by atoms with van der Waals surface area (Å²) in [6, 6.07) is 24.7. The minimum absolute atomic E-state index is 0.266. The van der Waals surface area contributed by atoms with Crippen LogP contribution in [0.5, 0.6) is 0 Å². The Morgan fingerprint density at radius 2 is 1.82 bits per heavy atom. The number of anilines is 1. The number of nitrogens with one attached hydrogen (secondary N) is 1. The fourth-order valence-electron chi connectivity index (χ4n) is 5.04. The molecule has 0 aliphatic carbocycles. The summed E-state index contributed by atoms with van der Waals surface area (Å²) in [5, 5.41) is 8.43. The second kappa shape index (κ2) is 9.50. The van der Waals surface area contributed by atoms with Crippen molar-refractivity contribution in [1.82, 2.24) is 19.2 Å². The van der Waals surface area contributed by atoms with E-state index in [1.165, 1.54) is 12.1 Å². The van der Waals surface area contributed by atoms with Crippen LogP contribution < -0.4 is 5.32 Å². The number of fused-ring (bicyclic) bond motifs is 3. The summed E-state index contributed by atoms with van der Waals surface area (Å²) in [4.78, 5) is 15.7. The van der Waals surface area contributed by atoms with Gasteiger partial charge in [0, 0.05) is 22.5 Å². The van der Waals surface area contributed by atoms with Crippen molar-refractivity contribution < 1.29 is 9.18 Å². The number of carbonyl (C=O) groups is 1. The van der Waals surface area contributed by atoms with Crippen LogP contribution in [0.1, 0.15) is 34.1 Å².